The van der Waals surface area contributed by atoms with Gasteiger partial charge in [0.25, 0.3) is 0 Å². The standard InChI is InChI=1S/C15H19NO2/c1-12(13-6-3-2-4-7-13)14(17)15(10-16)8-5-9-18-11-15/h2-4,6-7,12,14,17H,5,8-9,11H2,1H3. The number of hydrogen-bond acceptors (Lipinski definition) is 3. The van der Waals surface area contributed by atoms with Gasteiger partial charge >= 0.3 is 0 Å². The highest BCUT2D eigenvalue weighted by molar-refractivity contribution is 5.22. The first-order chi connectivity index (χ1) is 8.69. The van der Waals surface area contributed by atoms with E-state index in [1.54, 1.807) is 0 Å². The molecule has 96 valence electrons. The second-order valence-electron chi connectivity index (χ2n) is 5.07. The topological polar surface area (TPSA) is 53.2 Å². The Morgan fingerprint density at radius 2 is 2.11 bits per heavy atom. The zero-order valence-corrected chi connectivity index (χ0v) is 10.7. The van der Waals surface area contributed by atoms with Crippen LogP contribution in [0.1, 0.15) is 31.2 Å². The second-order valence-corrected chi connectivity index (χ2v) is 5.07. The van der Waals surface area contributed by atoms with Crippen LogP contribution in [-0.4, -0.2) is 24.4 Å². The number of aliphatic hydroxyl groups is 1. The molecule has 3 heteroatoms. The van der Waals surface area contributed by atoms with Crippen LogP contribution in [0.2, 0.25) is 0 Å². The molecule has 0 radical (unpaired) electrons. The summed E-state index contributed by atoms with van der Waals surface area (Å²) in [5, 5.41) is 20.0. The summed E-state index contributed by atoms with van der Waals surface area (Å²) in [5.74, 6) is -0.0625. The van der Waals surface area contributed by atoms with E-state index in [9.17, 15) is 10.4 Å². The van der Waals surface area contributed by atoms with Gasteiger partial charge in [0.15, 0.2) is 0 Å². The molecule has 1 aliphatic heterocycles. The minimum Gasteiger partial charge on any atom is -0.391 e. The summed E-state index contributed by atoms with van der Waals surface area (Å²) in [6, 6.07) is 12.1. The van der Waals surface area contributed by atoms with E-state index in [1.807, 2.05) is 37.3 Å². The van der Waals surface area contributed by atoms with Gasteiger partial charge in [0.2, 0.25) is 0 Å². The minimum atomic E-state index is -0.756. The number of aliphatic hydroxyl groups excluding tert-OH is 1. The lowest BCUT2D eigenvalue weighted by atomic mass is 9.72. The molecule has 2 rings (SSSR count). The van der Waals surface area contributed by atoms with Crippen molar-refractivity contribution in [3.05, 3.63) is 35.9 Å². The van der Waals surface area contributed by atoms with E-state index in [1.165, 1.54) is 0 Å². The van der Waals surface area contributed by atoms with Crippen molar-refractivity contribution < 1.29 is 9.84 Å². The van der Waals surface area contributed by atoms with Crippen LogP contribution in [0, 0.1) is 16.7 Å². The zero-order chi connectivity index (χ0) is 13.0. The molecule has 3 unspecified atom stereocenters. The van der Waals surface area contributed by atoms with Gasteiger partial charge in [-0.2, -0.15) is 5.26 Å². The predicted molar refractivity (Wildman–Crippen MR) is 69.0 cm³/mol. The van der Waals surface area contributed by atoms with Crippen LogP contribution >= 0.6 is 0 Å². The van der Waals surface area contributed by atoms with Crippen molar-refractivity contribution in [2.45, 2.75) is 31.8 Å². The molecule has 0 saturated carbocycles. The first-order valence-corrected chi connectivity index (χ1v) is 6.41. The summed E-state index contributed by atoms with van der Waals surface area (Å²) in [6.07, 6.45) is 0.860. The van der Waals surface area contributed by atoms with Crippen LogP contribution in [-0.2, 0) is 4.74 Å². The molecule has 1 N–H and O–H groups in total. The van der Waals surface area contributed by atoms with Gasteiger partial charge in [-0.05, 0) is 18.4 Å². The number of benzene rings is 1. The Labute approximate surface area is 108 Å². The smallest absolute Gasteiger partial charge is 0.107 e. The number of nitriles is 1. The lowest BCUT2D eigenvalue weighted by Gasteiger charge is -2.37. The summed E-state index contributed by atoms with van der Waals surface area (Å²) in [4.78, 5) is 0. The molecule has 18 heavy (non-hydrogen) atoms. The Bertz CT molecular complexity index is 418. The molecule has 1 aromatic carbocycles. The molecule has 1 heterocycles. The molecule has 1 fully saturated rings. The lowest BCUT2D eigenvalue weighted by Crippen LogP contribution is -2.43. The fourth-order valence-corrected chi connectivity index (χ4v) is 2.62. The lowest BCUT2D eigenvalue weighted by molar-refractivity contribution is -0.0570. The van der Waals surface area contributed by atoms with E-state index in [0.717, 1.165) is 12.0 Å². The molecule has 1 aliphatic rings. The molecule has 3 atom stereocenters. The van der Waals surface area contributed by atoms with Crippen molar-refractivity contribution in [3.8, 4) is 6.07 Å². The Morgan fingerprint density at radius 3 is 2.67 bits per heavy atom. The molecule has 1 saturated heterocycles. The average molecular weight is 245 g/mol. The molecule has 0 spiro atoms. The normalized spacial score (nSPS) is 27.2. The fourth-order valence-electron chi connectivity index (χ4n) is 2.62. The van der Waals surface area contributed by atoms with E-state index in [-0.39, 0.29) is 5.92 Å². The largest absolute Gasteiger partial charge is 0.391 e. The monoisotopic (exact) mass is 245 g/mol. The van der Waals surface area contributed by atoms with Crippen LogP contribution in [0.3, 0.4) is 0 Å². The summed E-state index contributed by atoms with van der Waals surface area (Å²) in [5.41, 5.74) is 0.304. The van der Waals surface area contributed by atoms with Crippen LogP contribution in [0.25, 0.3) is 0 Å². The van der Waals surface area contributed by atoms with E-state index >= 15 is 0 Å². The maximum atomic E-state index is 10.5. The van der Waals surface area contributed by atoms with Gasteiger partial charge in [0.05, 0.1) is 18.8 Å². The molecular weight excluding hydrogens is 226 g/mol. The van der Waals surface area contributed by atoms with Gasteiger partial charge in [0, 0.05) is 12.5 Å². The third kappa shape index (κ3) is 2.40. The van der Waals surface area contributed by atoms with Gasteiger partial charge in [-0.3, -0.25) is 0 Å². The summed E-state index contributed by atoms with van der Waals surface area (Å²) in [7, 11) is 0. The van der Waals surface area contributed by atoms with Crippen LogP contribution in [0.4, 0.5) is 0 Å². The highest BCUT2D eigenvalue weighted by atomic mass is 16.5. The van der Waals surface area contributed by atoms with E-state index in [2.05, 4.69) is 6.07 Å². The van der Waals surface area contributed by atoms with Crippen LogP contribution in [0.5, 0.6) is 0 Å². The molecular formula is C15H19NO2. The molecule has 0 bridgehead atoms. The van der Waals surface area contributed by atoms with Gasteiger partial charge in [-0.15, -0.1) is 0 Å². The minimum absolute atomic E-state index is 0.0625. The summed E-state index contributed by atoms with van der Waals surface area (Å²) < 4.78 is 5.40. The number of hydrogen-bond donors (Lipinski definition) is 1. The van der Waals surface area contributed by atoms with Gasteiger partial charge in [-0.1, -0.05) is 37.3 Å². The predicted octanol–water partition coefficient (Wildman–Crippen LogP) is 2.47. The highest BCUT2D eigenvalue weighted by Crippen LogP contribution is 2.38. The Balaban J connectivity index is 2.19. The third-order valence-corrected chi connectivity index (χ3v) is 3.86. The fraction of sp³-hybridized carbons (Fsp3) is 0.533. The van der Waals surface area contributed by atoms with Gasteiger partial charge in [0.1, 0.15) is 5.41 Å². The first-order valence-electron chi connectivity index (χ1n) is 6.41. The zero-order valence-electron chi connectivity index (χ0n) is 10.7. The second kappa shape index (κ2) is 5.51. The molecule has 1 aromatic rings. The van der Waals surface area contributed by atoms with Crippen molar-refractivity contribution in [2.24, 2.45) is 5.41 Å². The first kappa shape index (κ1) is 13.1. The molecule has 0 amide bonds. The number of ether oxygens (including phenoxy) is 1. The van der Waals surface area contributed by atoms with Crippen molar-refractivity contribution in [1.82, 2.24) is 0 Å². The molecule has 3 nitrogen and oxygen atoms in total. The van der Waals surface area contributed by atoms with Gasteiger partial charge in [-0.25, -0.2) is 0 Å². The summed E-state index contributed by atoms with van der Waals surface area (Å²) in [6.45, 7) is 2.99. The van der Waals surface area contributed by atoms with E-state index in [0.29, 0.717) is 19.6 Å². The third-order valence-electron chi connectivity index (χ3n) is 3.86. The van der Waals surface area contributed by atoms with E-state index in [4.69, 9.17) is 4.74 Å². The summed E-state index contributed by atoms with van der Waals surface area (Å²) >= 11 is 0. The van der Waals surface area contributed by atoms with Crippen molar-refractivity contribution >= 4 is 0 Å². The average Bonchev–Trinajstić information content (AvgIpc) is 2.47. The van der Waals surface area contributed by atoms with Crippen LogP contribution < -0.4 is 0 Å². The quantitative estimate of drug-likeness (QED) is 0.890. The Kier molecular flexibility index (Phi) is 4.00. The maximum Gasteiger partial charge on any atom is 0.107 e. The van der Waals surface area contributed by atoms with Crippen molar-refractivity contribution in [1.29, 1.82) is 5.26 Å². The molecule has 0 aromatic heterocycles. The maximum absolute atomic E-state index is 10.5. The number of nitrogens with zero attached hydrogens (tertiary/aromatic N) is 1. The van der Waals surface area contributed by atoms with Crippen molar-refractivity contribution in [3.63, 3.8) is 0 Å². The van der Waals surface area contributed by atoms with E-state index < -0.39 is 11.5 Å². The number of rotatable bonds is 3. The highest BCUT2D eigenvalue weighted by Gasteiger charge is 2.43. The SMILES string of the molecule is CC(c1ccccc1)C(O)C1(C#N)CCCOC1. The van der Waals surface area contributed by atoms with Gasteiger partial charge < -0.3 is 9.84 Å². The van der Waals surface area contributed by atoms with Crippen LogP contribution in [0.15, 0.2) is 30.3 Å². The molecule has 0 aliphatic carbocycles. The Morgan fingerprint density at radius 1 is 1.39 bits per heavy atom. The Hall–Kier alpha value is -1.37. The van der Waals surface area contributed by atoms with Crippen molar-refractivity contribution in [2.75, 3.05) is 13.2 Å².